The zero-order valence-electron chi connectivity index (χ0n) is 10.4. The molecule has 2 rings (SSSR count). The lowest BCUT2D eigenvalue weighted by molar-refractivity contribution is -0.137. The van der Waals surface area contributed by atoms with Crippen molar-refractivity contribution in [3.05, 3.63) is 52.8 Å². The van der Waals surface area contributed by atoms with Gasteiger partial charge in [-0.3, -0.25) is 4.79 Å². The van der Waals surface area contributed by atoms with E-state index in [4.69, 9.17) is 17.3 Å². The minimum absolute atomic E-state index is 0.0681. The van der Waals surface area contributed by atoms with E-state index < -0.39 is 17.6 Å². The second-order valence-electron chi connectivity index (χ2n) is 4.09. The van der Waals surface area contributed by atoms with Gasteiger partial charge >= 0.3 is 6.18 Å². The lowest BCUT2D eigenvalue weighted by atomic mass is 10.1. The summed E-state index contributed by atoms with van der Waals surface area (Å²) in [5.74, 6) is -0.758. The molecule has 1 heterocycles. The molecule has 1 amide bonds. The number of nitrogens with zero attached hydrogens (tertiary/aromatic N) is 1. The highest BCUT2D eigenvalue weighted by atomic mass is 35.5. The van der Waals surface area contributed by atoms with Gasteiger partial charge < -0.3 is 11.1 Å². The van der Waals surface area contributed by atoms with Crippen molar-refractivity contribution < 1.29 is 18.0 Å². The Morgan fingerprint density at radius 1 is 1.24 bits per heavy atom. The van der Waals surface area contributed by atoms with Crippen molar-refractivity contribution in [1.82, 2.24) is 4.98 Å². The highest BCUT2D eigenvalue weighted by Gasteiger charge is 2.34. The summed E-state index contributed by atoms with van der Waals surface area (Å²) < 4.78 is 38.8. The summed E-state index contributed by atoms with van der Waals surface area (Å²) in [5.41, 5.74) is 4.10. The molecule has 2 aromatic rings. The van der Waals surface area contributed by atoms with E-state index in [1.54, 1.807) is 12.1 Å². The van der Waals surface area contributed by atoms with Crippen molar-refractivity contribution in [2.75, 3.05) is 5.32 Å². The number of alkyl halides is 3. The van der Waals surface area contributed by atoms with E-state index in [2.05, 4.69) is 10.3 Å². The van der Waals surface area contributed by atoms with Crippen LogP contribution in [0.5, 0.6) is 0 Å². The molecule has 1 aromatic heterocycles. The number of primary amides is 1. The summed E-state index contributed by atoms with van der Waals surface area (Å²) >= 11 is 5.63. The number of anilines is 2. The Morgan fingerprint density at radius 2 is 1.90 bits per heavy atom. The first-order valence-corrected chi connectivity index (χ1v) is 6.05. The predicted molar refractivity (Wildman–Crippen MR) is 72.5 cm³/mol. The van der Waals surface area contributed by atoms with Crippen molar-refractivity contribution in [2.24, 2.45) is 5.73 Å². The molecule has 3 N–H and O–H groups in total. The summed E-state index contributed by atoms with van der Waals surface area (Å²) in [6.45, 7) is 0. The Hall–Kier alpha value is -2.28. The van der Waals surface area contributed by atoms with Crippen molar-refractivity contribution >= 4 is 28.9 Å². The Kier molecular flexibility index (Phi) is 4.04. The zero-order chi connectivity index (χ0) is 15.6. The highest BCUT2D eigenvalue weighted by molar-refractivity contribution is 6.29. The fourth-order valence-corrected chi connectivity index (χ4v) is 1.87. The van der Waals surface area contributed by atoms with Gasteiger partial charge in [-0.2, -0.15) is 13.2 Å². The van der Waals surface area contributed by atoms with Gasteiger partial charge in [-0.05, 0) is 18.2 Å². The van der Waals surface area contributed by atoms with Gasteiger partial charge in [-0.1, -0.05) is 23.7 Å². The molecule has 0 bridgehead atoms. The van der Waals surface area contributed by atoms with Crippen molar-refractivity contribution in [3.63, 3.8) is 0 Å². The van der Waals surface area contributed by atoms with Crippen molar-refractivity contribution in [3.8, 4) is 0 Å². The number of carbonyl (C=O) groups excluding carboxylic acids is 1. The number of nitrogens with two attached hydrogens (primary N) is 1. The van der Waals surface area contributed by atoms with E-state index in [0.717, 1.165) is 6.07 Å². The number of carbonyl (C=O) groups is 1. The van der Waals surface area contributed by atoms with Crippen molar-refractivity contribution in [1.29, 1.82) is 0 Å². The topological polar surface area (TPSA) is 68.0 Å². The number of aromatic nitrogens is 1. The van der Waals surface area contributed by atoms with Gasteiger partial charge in [0.1, 0.15) is 5.15 Å². The van der Waals surface area contributed by atoms with Gasteiger partial charge in [-0.25, -0.2) is 4.98 Å². The normalized spacial score (nSPS) is 11.2. The fraction of sp³-hybridized carbons (Fsp3) is 0.0769. The summed E-state index contributed by atoms with van der Waals surface area (Å²) in [6, 6.07) is 6.98. The van der Waals surface area contributed by atoms with Crippen LogP contribution in [0.15, 0.2) is 36.5 Å². The zero-order valence-corrected chi connectivity index (χ0v) is 11.2. The van der Waals surface area contributed by atoms with Crippen LogP contribution in [0.1, 0.15) is 15.9 Å². The lowest BCUT2D eigenvalue weighted by Gasteiger charge is -2.15. The van der Waals surface area contributed by atoms with E-state index in [9.17, 15) is 18.0 Å². The van der Waals surface area contributed by atoms with Crippen LogP contribution in [-0.2, 0) is 6.18 Å². The smallest absolute Gasteiger partial charge is 0.366 e. The second kappa shape index (κ2) is 5.61. The molecule has 110 valence electrons. The Bertz CT molecular complexity index is 689. The molecule has 0 radical (unpaired) electrons. The molecule has 0 aliphatic heterocycles. The predicted octanol–water partition coefficient (Wildman–Crippen LogP) is 3.60. The molecule has 0 aliphatic rings. The quantitative estimate of drug-likeness (QED) is 0.850. The van der Waals surface area contributed by atoms with Crippen LogP contribution in [0.25, 0.3) is 0 Å². The molecule has 0 saturated heterocycles. The van der Waals surface area contributed by atoms with E-state index >= 15 is 0 Å². The average Bonchev–Trinajstić information content (AvgIpc) is 2.37. The summed E-state index contributed by atoms with van der Waals surface area (Å²) in [4.78, 5) is 14.7. The standard InChI is InChI=1S/C13H9ClF3N3O/c14-11-5-10(8(6-19-11)13(15,16)17)20-9-4-2-1-3-7(9)12(18)21/h1-6H,(H2,18,21)(H,19,20). The number of halogens is 4. The van der Waals surface area contributed by atoms with E-state index in [0.29, 0.717) is 6.20 Å². The van der Waals surface area contributed by atoms with Crippen LogP contribution < -0.4 is 11.1 Å². The second-order valence-corrected chi connectivity index (χ2v) is 4.47. The summed E-state index contributed by atoms with van der Waals surface area (Å²) in [5, 5.41) is 2.42. The van der Waals surface area contributed by atoms with E-state index in [-0.39, 0.29) is 22.1 Å². The van der Waals surface area contributed by atoms with Gasteiger partial charge in [0.05, 0.1) is 22.5 Å². The molecule has 0 atom stereocenters. The number of benzene rings is 1. The first kappa shape index (κ1) is 15.1. The monoisotopic (exact) mass is 315 g/mol. The van der Waals surface area contributed by atoms with Gasteiger partial charge in [0, 0.05) is 6.20 Å². The molecule has 0 spiro atoms. The van der Waals surface area contributed by atoms with Gasteiger partial charge in [0.15, 0.2) is 0 Å². The largest absolute Gasteiger partial charge is 0.419 e. The molecule has 0 aliphatic carbocycles. The molecular weight excluding hydrogens is 307 g/mol. The molecule has 8 heteroatoms. The fourth-order valence-electron chi connectivity index (χ4n) is 1.71. The van der Waals surface area contributed by atoms with Crippen LogP contribution in [0.4, 0.5) is 24.5 Å². The Morgan fingerprint density at radius 3 is 2.52 bits per heavy atom. The first-order valence-electron chi connectivity index (χ1n) is 5.67. The third kappa shape index (κ3) is 3.43. The number of nitrogens with one attached hydrogen (secondary N) is 1. The van der Waals surface area contributed by atoms with Crippen LogP contribution in [0.3, 0.4) is 0 Å². The van der Waals surface area contributed by atoms with E-state index in [1.807, 2.05) is 0 Å². The Labute approximate surface area is 122 Å². The van der Waals surface area contributed by atoms with Gasteiger partial charge in [-0.15, -0.1) is 0 Å². The molecular formula is C13H9ClF3N3O. The number of rotatable bonds is 3. The minimum Gasteiger partial charge on any atom is -0.366 e. The third-order valence-corrected chi connectivity index (χ3v) is 2.84. The molecule has 0 fully saturated rings. The molecule has 4 nitrogen and oxygen atoms in total. The number of pyridine rings is 1. The third-order valence-electron chi connectivity index (χ3n) is 2.64. The van der Waals surface area contributed by atoms with Crippen molar-refractivity contribution in [2.45, 2.75) is 6.18 Å². The van der Waals surface area contributed by atoms with Crippen LogP contribution >= 0.6 is 11.6 Å². The average molecular weight is 316 g/mol. The number of hydrogen-bond acceptors (Lipinski definition) is 3. The molecule has 0 unspecified atom stereocenters. The summed E-state index contributed by atoms with van der Waals surface area (Å²) in [6.07, 6.45) is -3.99. The van der Waals surface area contributed by atoms with Gasteiger partial charge in [0.25, 0.3) is 5.91 Å². The summed E-state index contributed by atoms with van der Waals surface area (Å²) in [7, 11) is 0. The lowest BCUT2D eigenvalue weighted by Crippen LogP contribution is -2.14. The SMILES string of the molecule is NC(=O)c1ccccc1Nc1cc(Cl)ncc1C(F)(F)F. The number of hydrogen-bond donors (Lipinski definition) is 2. The Balaban J connectivity index is 2.49. The maximum atomic E-state index is 12.9. The number of para-hydroxylation sites is 1. The van der Waals surface area contributed by atoms with E-state index in [1.165, 1.54) is 12.1 Å². The maximum absolute atomic E-state index is 12.9. The van der Waals surface area contributed by atoms with Gasteiger partial charge in [0.2, 0.25) is 0 Å². The highest BCUT2D eigenvalue weighted by Crippen LogP contribution is 2.37. The molecule has 1 aromatic carbocycles. The number of amides is 1. The van der Waals surface area contributed by atoms with Crippen LogP contribution in [0.2, 0.25) is 5.15 Å². The van der Waals surface area contributed by atoms with Crippen LogP contribution in [-0.4, -0.2) is 10.9 Å². The maximum Gasteiger partial charge on any atom is 0.419 e. The molecule has 0 saturated carbocycles. The molecule has 21 heavy (non-hydrogen) atoms. The van der Waals surface area contributed by atoms with Crippen LogP contribution in [0, 0.1) is 0 Å². The minimum atomic E-state index is -4.61. The first-order chi connectivity index (χ1) is 9.79.